The van der Waals surface area contributed by atoms with Gasteiger partial charge in [-0.05, 0) is 50.6 Å². The van der Waals surface area contributed by atoms with E-state index in [9.17, 15) is 4.79 Å². The zero-order valence-electron chi connectivity index (χ0n) is 19.0. The van der Waals surface area contributed by atoms with E-state index in [1.165, 1.54) is 5.56 Å². The first-order valence-corrected chi connectivity index (χ1v) is 11.1. The van der Waals surface area contributed by atoms with Crippen LogP contribution in [0.2, 0.25) is 0 Å². The maximum Gasteiger partial charge on any atom is 0.272 e. The molecule has 170 valence electrons. The second-order valence-corrected chi connectivity index (χ2v) is 8.67. The number of aryl methyl sites for hydroxylation is 2. The molecule has 4 rings (SSSR count). The highest BCUT2D eigenvalue weighted by atomic mass is 16.5. The summed E-state index contributed by atoms with van der Waals surface area (Å²) >= 11 is 0. The normalized spacial score (nSPS) is 16.5. The molecule has 32 heavy (non-hydrogen) atoms. The summed E-state index contributed by atoms with van der Waals surface area (Å²) < 4.78 is 12.6. The van der Waals surface area contributed by atoms with Crippen molar-refractivity contribution in [2.24, 2.45) is 13.0 Å². The van der Waals surface area contributed by atoms with E-state index < -0.39 is 0 Å². The lowest BCUT2D eigenvalue weighted by atomic mass is 9.98. The molecule has 2 aromatic heterocycles. The van der Waals surface area contributed by atoms with Crippen LogP contribution in [0.5, 0.6) is 5.75 Å². The molecule has 3 heterocycles. The third-order valence-electron chi connectivity index (χ3n) is 5.81. The van der Waals surface area contributed by atoms with Crippen LogP contribution in [0, 0.1) is 12.8 Å². The number of carbonyl (C=O) groups is 1. The zero-order valence-corrected chi connectivity index (χ0v) is 19.0. The number of rotatable bonds is 8. The number of amides is 1. The number of ether oxygens (including phenoxy) is 1. The predicted octanol–water partition coefficient (Wildman–Crippen LogP) is 3.28. The van der Waals surface area contributed by atoms with Crippen LogP contribution in [0.15, 0.2) is 47.2 Å². The first-order chi connectivity index (χ1) is 15.5. The number of piperidine rings is 1. The van der Waals surface area contributed by atoms with Crippen LogP contribution in [0.3, 0.4) is 0 Å². The highest BCUT2D eigenvalue weighted by Gasteiger charge is 2.26. The van der Waals surface area contributed by atoms with Gasteiger partial charge in [-0.3, -0.25) is 14.4 Å². The molecule has 0 saturated carbocycles. The number of likely N-dealkylation sites (tertiary alicyclic amines) is 1. The molecule has 8 nitrogen and oxygen atoms in total. The minimum Gasteiger partial charge on any atom is -0.493 e. The van der Waals surface area contributed by atoms with E-state index in [4.69, 9.17) is 9.26 Å². The number of aromatic nitrogens is 3. The fourth-order valence-corrected chi connectivity index (χ4v) is 4.23. The summed E-state index contributed by atoms with van der Waals surface area (Å²) in [4.78, 5) is 17.0. The molecule has 3 aromatic rings. The summed E-state index contributed by atoms with van der Waals surface area (Å²) in [5, 5.41) is 8.25. The van der Waals surface area contributed by atoms with Gasteiger partial charge in [0.1, 0.15) is 17.7 Å². The molecule has 0 unspecified atom stereocenters. The summed E-state index contributed by atoms with van der Waals surface area (Å²) in [7, 11) is 3.88. The summed E-state index contributed by atoms with van der Waals surface area (Å²) in [5.41, 5.74) is 3.64. The van der Waals surface area contributed by atoms with Crippen LogP contribution < -0.4 is 4.74 Å². The Balaban J connectivity index is 1.26. The van der Waals surface area contributed by atoms with Gasteiger partial charge in [0, 0.05) is 45.2 Å². The van der Waals surface area contributed by atoms with E-state index in [0.717, 1.165) is 49.6 Å². The lowest BCUT2D eigenvalue weighted by molar-refractivity contribution is 0.0622. The Morgan fingerprint density at radius 1 is 1.25 bits per heavy atom. The average molecular weight is 438 g/mol. The number of hydrogen-bond donors (Lipinski definition) is 0. The Labute approximate surface area is 188 Å². The molecule has 1 atom stereocenters. The van der Waals surface area contributed by atoms with Crippen molar-refractivity contribution in [3.63, 3.8) is 0 Å². The molecular weight excluding hydrogens is 406 g/mol. The Kier molecular flexibility index (Phi) is 6.90. The highest BCUT2D eigenvalue weighted by Crippen LogP contribution is 2.21. The Hall–Kier alpha value is -3.13. The molecule has 1 aliphatic heterocycles. The van der Waals surface area contributed by atoms with Gasteiger partial charge in [-0.25, -0.2) is 0 Å². The van der Waals surface area contributed by atoms with Crippen LogP contribution in [-0.4, -0.2) is 57.4 Å². The number of hydrogen-bond acceptors (Lipinski definition) is 6. The van der Waals surface area contributed by atoms with Gasteiger partial charge in [0.2, 0.25) is 0 Å². The molecule has 1 aromatic carbocycles. The Bertz CT molecular complexity index is 1010. The maximum atomic E-state index is 12.9. The van der Waals surface area contributed by atoms with Crippen molar-refractivity contribution in [2.45, 2.75) is 32.9 Å². The molecule has 1 fully saturated rings. The summed E-state index contributed by atoms with van der Waals surface area (Å²) in [6.45, 7) is 5.58. The smallest absolute Gasteiger partial charge is 0.272 e. The molecule has 0 radical (unpaired) electrons. The molecule has 0 spiro atoms. The second kappa shape index (κ2) is 9.99. The van der Waals surface area contributed by atoms with E-state index in [0.29, 0.717) is 24.8 Å². The van der Waals surface area contributed by atoms with Gasteiger partial charge < -0.3 is 14.2 Å². The molecule has 0 bridgehead atoms. The van der Waals surface area contributed by atoms with Crippen molar-refractivity contribution in [1.29, 1.82) is 0 Å². The summed E-state index contributed by atoms with van der Waals surface area (Å²) in [6, 6.07) is 12.0. The van der Waals surface area contributed by atoms with E-state index in [1.54, 1.807) is 10.9 Å². The second-order valence-electron chi connectivity index (χ2n) is 8.67. The number of nitrogens with zero attached hydrogens (tertiary/aromatic N) is 5. The lowest BCUT2D eigenvalue weighted by Gasteiger charge is -2.32. The largest absolute Gasteiger partial charge is 0.493 e. The molecule has 8 heteroatoms. The topological polar surface area (TPSA) is 76.6 Å². The van der Waals surface area contributed by atoms with Crippen LogP contribution >= 0.6 is 0 Å². The molecule has 1 saturated heterocycles. The van der Waals surface area contributed by atoms with Crippen molar-refractivity contribution in [1.82, 2.24) is 24.7 Å². The van der Waals surface area contributed by atoms with E-state index in [2.05, 4.69) is 34.3 Å². The van der Waals surface area contributed by atoms with Gasteiger partial charge in [-0.15, -0.1) is 0 Å². The standard InChI is InChI=1S/C24H31N5O3/c1-18-13-23(28(3)25-18)24(30)29-11-4-5-20(15-29)17-31-22-8-6-19(7-9-22)14-27(2)16-21-10-12-32-26-21/h6-10,12-13,20H,4-5,11,14-17H2,1-3H3/t20-/m1/s1. The van der Waals surface area contributed by atoms with Gasteiger partial charge >= 0.3 is 0 Å². The predicted molar refractivity (Wildman–Crippen MR) is 120 cm³/mol. The maximum absolute atomic E-state index is 12.9. The van der Waals surface area contributed by atoms with Crippen LogP contribution in [0.1, 0.15) is 40.3 Å². The minimum atomic E-state index is 0.0527. The zero-order chi connectivity index (χ0) is 22.5. The van der Waals surface area contributed by atoms with Crippen molar-refractivity contribution >= 4 is 5.91 Å². The first kappa shape index (κ1) is 22.1. The van der Waals surface area contributed by atoms with E-state index in [-0.39, 0.29) is 5.91 Å². The van der Waals surface area contributed by atoms with E-state index >= 15 is 0 Å². The number of benzene rings is 1. The fraction of sp³-hybridized carbons (Fsp3) is 0.458. The summed E-state index contributed by atoms with van der Waals surface area (Å²) in [6.07, 6.45) is 3.66. The monoisotopic (exact) mass is 437 g/mol. The molecular formula is C24H31N5O3. The quantitative estimate of drug-likeness (QED) is 0.538. The first-order valence-electron chi connectivity index (χ1n) is 11.1. The van der Waals surface area contributed by atoms with Crippen LogP contribution in [0.25, 0.3) is 0 Å². The van der Waals surface area contributed by atoms with Gasteiger partial charge in [0.25, 0.3) is 5.91 Å². The van der Waals surface area contributed by atoms with Crippen LogP contribution in [-0.2, 0) is 20.1 Å². The molecule has 0 N–H and O–H groups in total. The van der Waals surface area contributed by atoms with Gasteiger partial charge in [0.05, 0.1) is 18.0 Å². The third kappa shape index (κ3) is 5.56. The van der Waals surface area contributed by atoms with Crippen molar-refractivity contribution < 1.29 is 14.1 Å². The van der Waals surface area contributed by atoms with Crippen LogP contribution in [0.4, 0.5) is 0 Å². The fourth-order valence-electron chi connectivity index (χ4n) is 4.23. The van der Waals surface area contributed by atoms with Crippen molar-refractivity contribution in [3.05, 3.63) is 65.3 Å². The summed E-state index contributed by atoms with van der Waals surface area (Å²) in [5.74, 6) is 1.24. The van der Waals surface area contributed by atoms with Gasteiger partial charge in [-0.1, -0.05) is 17.3 Å². The molecule has 1 aliphatic rings. The third-order valence-corrected chi connectivity index (χ3v) is 5.81. The lowest BCUT2D eigenvalue weighted by Crippen LogP contribution is -2.42. The molecule has 0 aliphatic carbocycles. The Morgan fingerprint density at radius 2 is 2.06 bits per heavy atom. The van der Waals surface area contributed by atoms with Crippen molar-refractivity contribution in [2.75, 3.05) is 26.7 Å². The average Bonchev–Trinajstić information content (AvgIpc) is 3.41. The minimum absolute atomic E-state index is 0.0527. The van der Waals surface area contributed by atoms with E-state index in [1.807, 2.05) is 43.1 Å². The van der Waals surface area contributed by atoms with Gasteiger partial charge in [0.15, 0.2) is 0 Å². The Morgan fingerprint density at radius 3 is 2.75 bits per heavy atom. The number of carbonyl (C=O) groups excluding carboxylic acids is 1. The van der Waals surface area contributed by atoms with Crippen molar-refractivity contribution in [3.8, 4) is 5.75 Å². The molecule has 1 amide bonds. The highest BCUT2D eigenvalue weighted by molar-refractivity contribution is 5.92. The van der Waals surface area contributed by atoms with Gasteiger partial charge in [-0.2, -0.15) is 5.10 Å². The SMILES string of the molecule is Cc1cc(C(=O)N2CCC[C@@H](COc3ccc(CN(C)Cc4ccon4)cc3)C2)n(C)n1.